The van der Waals surface area contributed by atoms with E-state index >= 15 is 0 Å². The topological polar surface area (TPSA) is 49.3 Å². The summed E-state index contributed by atoms with van der Waals surface area (Å²) in [6, 6.07) is 5.85. The second-order valence-electron chi connectivity index (χ2n) is 5.38. The number of hydrogen-bond donors (Lipinski definition) is 2. The van der Waals surface area contributed by atoms with E-state index in [0.717, 1.165) is 16.1 Å². The smallest absolute Gasteiger partial charge is 0.307 e. The summed E-state index contributed by atoms with van der Waals surface area (Å²) in [7, 11) is 0. The fourth-order valence-electron chi connectivity index (χ4n) is 2.05. The fourth-order valence-corrected chi connectivity index (χ4v) is 2.17. The van der Waals surface area contributed by atoms with Crippen molar-refractivity contribution in [1.82, 2.24) is 5.32 Å². The molecule has 1 atom stereocenters. The lowest BCUT2D eigenvalue weighted by Crippen LogP contribution is -2.29. The minimum Gasteiger partial charge on any atom is -0.481 e. The number of aliphatic carboxylic acids is 1. The molecule has 0 aliphatic rings. The van der Waals surface area contributed by atoms with Gasteiger partial charge >= 0.3 is 5.97 Å². The third kappa shape index (κ3) is 5.62. The average Bonchev–Trinajstić information content (AvgIpc) is 2.31. The summed E-state index contributed by atoms with van der Waals surface area (Å²) in [5.41, 5.74) is 2.16. The van der Waals surface area contributed by atoms with Gasteiger partial charge in [0.25, 0.3) is 0 Å². The monoisotopic (exact) mass is 283 g/mol. The van der Waals surface area contributed by atoms with Gasteiger partial charge in [-0.1, -0.05) is 37.6 Å². The van der Waals surface area contributed by atoms with Crippen molar-refractivity contribution in [1.29, 1.82) is 0 Å². The van der Waals surface area contributed by atoms with E-state index < -0.39 is 5.97 Å². The van der Waals surface area contributed by atoms with Crippen molar-refractivity contribution in [3.05, 3.63) is 34.3 Å². The lowest BCUT2D eigenvalue weighted by atomic mass is 9.97. The third-order valence-electron chi connectivity index (χ3n) is 3.05. The molecule has 3 nitrogen and oxygen atoms in total. The van der Waals surface area contributed by atoms with Crippen LogP contribution in [0.5, 0.6) is 0 Å². The first-order valence-corrected chi connectivity index (χ1v) is 6.96. The summed E-state index contributed by atoms with van der Waals surface area (Å²) < 4.78 is 0. The highest BCUT2D eigenvalue weighted by molar-refractivity contribution is 6.31. The van der Waals surface area contributed by atoms with Gasteiger partial charge in [-0.2, -0.15) is 0 Å². The maximum absolute atomic E-state index is 11.1. The molecule has 0 aromatic heterocycles. The number of halogens is 1. The maximum Gasteiger partial charge on any atom is 0.307 e. The van der Waals surface area contributed by atoms with Gasteiger partial charge in [0.2, 0.25) is 0 Å². The molecule has 0 fully saturated rings. The molecular weight excluding hydrogens is 262 g/mol. The molecule has 0 aliphatic carbocycles. The minimum atomic E-state index is -0.728. The fraction of sp³-hybridized carbons (Fsp3) is 0.533. The Hall–Kier alpha value is -1.06. The second-order valence-corrected chi connectivity index (χ2v) is 5.79. The van der Waals surface area contributed by atoms with Gasteiger partial charge in [-0.05, 0) is 36.5 Å². The SMILES string of the molecule is Cc1cc(CNCC(CC(C)C)C(=O)O)ccc1Cl. The van der Waals surface area contributed by atoms with Crippen molar-refractivity contribution in [3.8, 4) is 0 Å². The predicted molar refractivity (Wildman–Crippen MR) is 78.5 cm³/mol. The molecule has 1 aromatic carbocycles. The molecular formula is C15H22ClNO2. The Balaban J connectivity index is 2.47. The van der Waals surface area contributed by atoms with Crippen molar-refractivity contribution in [2.24, 2.45) is 11.8 Å². The highest BCUT2D eigenvalue weighted by Gasteiger charge is 2.18. The van der Waals surface area contributed by atoms with Crippen LogP contribution >= 0.6 is 11.6 Å². The summed E-state index contributed by atoms with van der Waals surface area (Å²) in [6.45, 7) is 7.21. The van der Waals surface area contributed by atoms with Gasteiger partial charge < -0.3 is 10.4 Å². The molecule has 1 aromatic rings. The zero-order valence-corrected chi connectivity index (χ0v) is 12.5. The molecule has 19 heavy (non-hydrogen) atoms. The van der Waals surface area contributed by atoms with Crippen molar-refractivity contribution >= 4 is 17.6 Å². The van der Waals surface area contributed by atoms with E-state index in [-0.39, 0.29) is 5.92 Å². The molecule has 0 amide bonds. The molecule has 0 bridgehead atoms. The Morgan fingerprint density at radius 1 is 1.42 bits per heavy atom. The second kappa shape index (κ2) is 7.51. The van der Waals surface area contributed by atoms with Gasteiger partial charge in [0.15, 0.2) is 0 Å². The van der Waals surface area contributed by atoms with E-state index in [2.05, 4.69) is 5.32 Å². The van der Waals surface area contributed by atoms with Crippen LogP contribution in [0.1, 0.15) is 31.4 Å². The number of nitrogens with one attached hydrogen (secondary N) is 1. The van der Waals surface area contributed by atoms with Crippen molar-refractivity contribution < 1.29 is 9.90 Å². The molecule has 0 radical (unpaired) electrons. The minimum absolute atomic E-state index is 0.326. The molecule has 0 saturated heterocycles. The molecule has 1 rings (SSSR count). The Kier molecular flexibility index (Phi) is 6.32. The van der Waals surface area contributed by atoms with Crippen LogP contribution in [0.2, 0.25) is 5.02 Å². The van der Waals surface area contributed by atoms with Crippen LogP contribution < -0.4 is 5.32 Å². The van der Waals surface area contributed by atoms with E-state index in [1.54, 1.807) is 0 Å². The Bertz CT molecular complexity index is 432. The third-order valence-corrected chi connectivity index (χ3v) is 3.47. The Morgan fingerprint density at radius 3 is 2.63 bits per heavy atom. The van der Waals surface area contributed by atoms with Gasteiger partial charge in [0.1, 0.15) is 0 Å². The highest BCUT2D eigenvalue weighted by atomic mass is 35.5. The van der Waals surface area contributed by atoms with E-state index in [4.69, 9.17) is 16.7 Å². The van der Waals surface area contributed by atoms with Crippen LogP contribution in [0.15, 0.2) is 18.2 Å². The summed E-state index contributed by atoms with van der Waals surface area (Å²) in [5.74, 6) is -0.664. The summed E-state index contributed by atoms with van der Waals surface area (Å²) >= 11 is 5.97. The van der Waals surface area contributed by atoms with Gasteiger partial charge in [0, 0.05) is 18.1 Å². The van der Waals surface area contributed by atoms with Crippen LogP contribution in [0, 0.1) is 18.8 Å². The van der Waals surface area contributed by atoms with E-state index in [1.807, 2.05) is 39.0 Å². The number of rotatable bonds is 7. The van der Waals surface area contributed by atoms with Crippen LogP contribution in [0.25, 0.3) is 0 Å². The van der Waals surface area contributed by atoms with E-state index in [9.17, 15) is 4.79 Å². The van der Waals surface area contributed by atoms with Gasteiger partial charge in [-0.25, -0.2) is 0 Å². The van der Waals surface area contributed by atoms with E-state index in [0.29, 0.717) is 25.4 Å². The van der Waals surface area contributed by atoms with Crippen LogP contribution in [-0.2, 0) is 11.3 Å². The first-order valence-electron chi connectivity index (χ1n) is 6.58. The molecule has 0 heterocycles. The lowest BCUT2D eigenvalue weighted by Gasteiger charge is -2.15. The normalized spacial score (nSPS) is 12.7. The largest absolute Gasteiger partial charge is 0.481 e. The van der Waals surface area contributed by atoms with Gasteiger partial charge in [0.05, 0.1) is 5.92 Å². The zero-order chi connectivity index (χ0) is 14.4. The molecule has 0 saturated carbocycles. The predicted octanol–water partition coefficient (Wildman–Crippen LogP) is 3.48. The van der Waals surface area contributed by atoms with E-state index in [1.165, 1.54) is 0 Å². The quantitative estimate of drug-likeness (QED) is 0.805. The Labute approximate surface area is 120 Å². The van der Waals surface area contributed by atoms with Crippen molar-refractivity contribution in [2.75, 3.05) is 6.54 Å². The van der Waals surface area contributed by atoms with Gasteiger partial charge in [-0.3, -0.25) is 4.79 Å². The standard InChI is InChI=1S/C15H22ClNO2/c1-10(2)6-13(15(18)19)9-17-8-12-4-5-14(16)11(3)7-12/h4-5,7,10,13,17H,6,8-9H2,1-3H3,(H,18,19). The lowest BCUT2D eigenvalue weighted by molar-refractivity contribution is -0.142. The number of benzene rings is 1. The molecule has 4 heteroatoms. The van der Waals surface area contributed by atoms with Crippen LogP contribution in [0.3, 0.4) is 0 Å². The number of carbonyl (C=O) groups is 1. The number of hydrogen-bond acceptors (Lipinski definition) is 2. The summed E-state index contributed by atoms with van der Waals surface area (Å²) in [6.07, 6.45) is 0.696. The van der Waals surface area contributed by atoms with Gasteiger partial charge in [-0.15, -0.1) is 0 Å². The Morgan fingerprint density at radius 2 is 2.11 bits per heavy atom. The van der Waals surface area contributed by atoms with Crippen LogP contribution in [-0.4, -0.2) is 17.6 Å². The zero-order valence-electron chi connectivity index (χ0n) is 11.7. The molecule has 1 unspecified atom stereocenters. The van der Waals surface area contributed by atoms with Crippen molar-refractivity contribution in [2.45, 2.75) is 33.7 Å². The van der Waals surface area contributed by atoms with Crippen molar-refractivity contribution in [3.63, 3.8) is 0 Å². The number of carboxylic acids is 1. The number of carboxylic acid groups (broad SMARTS) is 1. The summed E-state index contributed by atoms with van der Waals surface area (Å²) in [4.78, 5) is 11.1. The first kappa shape index (κ1) is 16.0. The number of aryl methyl sites for hydroxylation is 1. The first-order chi connectivity index (χ1) is 8.90. The molecule has 0 aliphatic heterocycles. The maximum atomic E-state index is 11.1. The summed E-state index contributed by atoms with van der Waals surface area (Å²) in [5, 5.41) is 13.1. The average molecular weight is 284 g/mol. The van der Waals surface area contributed by atoms with Crippen LogP contribution in [0.4, 0.5) is 0 Å². The molecule has 2 N–H and O–H groups in total. The molecule has 106 valence electrons. The molecule has 0 spiro atoms. The highest BCUT2D eigenvalue weighted by Crippen LogP contribution is 2.16.